The van der Waals surface area contributed by atoms with Crippen LogP contribution in [0.2, 0.25) is 0 Å². The quantitative estimate of drug-likeness (QED) is 0.836. The number of carbonyl (C=O) groups is 1. The number of amides is 2. The van der Waals surface area contributed by atoms with Crippen LogP contribution in [0.3, 0.4) is 0 Å². The summed E-state index contributed by atoms with van der Waals surface area (Å²) in [6, 6.07) is 2.79. The number of anilines is 1. The molecule has 4 fully saturated rings. The van der Waals surface area contributed by atoms with Gasteiger partial charge in [-0.2, -0.15) is 0 Å². The summed E-state index contributed by atoms with van der Waals surface area (Å²) >= 11 is 1.68. The average Bonchev–Trinajstić information content (AvgIpc) is 3.06. The maximum Gasteiger partial charge on any atom is 0.325 e. The average molecular weight is 291 g/mol. The molecule has 5 heterocycles. The number of carbonyl (C=O) groups excluding carboxylic acids is 1. The largest absolute Gasteiger partial charge is 0.325 e. The highest BCUT2D eigenvalue weighted by molar-refractivity contribution is 7.14. The first kappa shape index (κ1) is 12.7. The van der Waals surface area contributed by atoms with Gasteiger partial charge in [0.1, 0.15) is 5.00 Å². The van der Waals surface area contributed by atoms with Crippen molar-refractivity contribution in [3.8, 4) is 0 Å². The third-order valence-corrected chi connectivity index (χ3v) is 6.18. The molecule has 0 aliphatic carbocycles. The van der Waals surface area contributed by atoms with E-state index in [0.29, 0.717) is 6.04 Å². The van der Waals surface area contributed by atoms with Gasteiger partial charge in [0.2, 0.25) is 0 Å². The van der Waals surface area contributed by atoms with Crippen molar-refractivity contribution in [1.29, 1.82) is 0 Å². The topological polar surface area (TPSA) is 26.8 Å². The number of fused-ring (bicyclic) bond motifs is 3. The predicted octanol–water partition coefficient (Wildman–Crippen LogP) is 2.39. The molecule has 4 aliphatic rings. The van der Waals surface area contributed by atoms with Crippen LogP contribution in [-0.2, 0) is 0 Å². The number of aryl methyl sites for hydroxylation is 1. The van der Waals surface area contributed by atoms with E-state index in [9.17, 15) is 4.79 Å². The van der Waals surface area contributed by atoms with Gasteiger partial charge in [-0.3, -0.25) is 4.90 Å². The van der Waals surface area contributed by atoms with Crippen molar-refractivity contribution in [1.82, 2.24) is 9.80 Å². The third kappa shape index (κ3) is 1.87. The summed E-state index contributed by atoms with van der Waals surface area (Å²) in [5, 5.41) is 3.22. The highest BCUT2D eigenvalue weighted by Gasteiger charge is 2.43. The van der Waals surface area contributed by atoms with Crippen LogP contribution >= 0.6 is 11.3 Å². The molecule has 0 aromatic carbocycles. The molecule has 2 amide bonds. The lowest BCUT2D eigenvalue weighted by Gasteiger charge is -2.47. The number of hydrogen-bond acceptors (Lipinski definition) is 3. The molecule has 1 aromatic rings. The molecule has 4 nitrogen and oxygen atoms in total. The smallest absolute Gasteiger partial charge is 0.318 e. The number of piperidine rings is 3. The van der Waals surface area contributed by atoms with Crippen molar-refractivity contribution in [3.05, 3.63) is 17.0 Å². The summed E-state index contributed by atoms with van der Waals surface area (Å²) < 4.78 is 0. The Morgan fingerprint density at radius 3 is 2.60 bits per heavy atom. The molecule has 0 spiro atoms. The van der Waals surface area contributed by atoms with Gasteiger partial charge in [0.15, 0.2) is 0 Å². The standard InChI is InChI=1S/C15H21N3OS/c1-11-4-9-20-14(11)18-8-7-17(15(18)19)13-10-16-5-2-12(13)3-6-16/h4,9,12-13H,2-3,5-8,10H2,1H3. The molecule has 5 rings (SSSR count). The van der Waals surface area contributed by atoms with Gasteiger partial charge in [-0.25, -0.2) is 4.79 Å². The lowest BCUT2D eigenvalue weighted by atomic mass is 9.83. The van der Waals surface area contributed by atoms with Crippen molar-refractivity contribution >= 4 is 22.4 Å². The molecule has 4 saturated heterocycles. The summed E-state index contributed by atoms with van der Waals surface area (Å²) in [4.78, 5) is 19.4. The van der Waals surface area contributed by atoms with Gasteiger partial charge in [-0.05, 0) is 55.8 Å². The van der Waals surface area contributed by atoms with Crippen LogP contribution in [0.5, 0.6) is 0 Å². The van der Waals surface area contributed by atoms with Crippen molar-refractivity contribution in [3.63, 3.8) is 0 Å². The molecule has 108 valence electrons. The number of rotatable bonds is 2. The maximum absolute atomic E-state index is 12.8. The second kappa shape index (κ2) is 4.74. The molecule has 0 saturated carbocycles. The van der Waals surface area contributed by atoms with E-state index >= 15 is 0 Å². The highest BCUT2D eigenvalue weighted by atomic mass is 32.1. The number of nitrogens with zero attached hydrogens (tertiary/aromatic N) is 3. The van der Waals surface area contributed by atoms with Gasteiger partial charge in [0.05, 0.1) is 0 Å². The van der Waals surface area contributed by atoms with E-state index < -0.39 is 0 Å². The van der Waals surface area contributed by atoms with E-state index in [1.54, 1.807) is 11.3 Å². The van der Waals surface area contributed by atoms with E-state index in [0.717, 1.165) is 30.6 Å². The van der Waals surface area contributed by atoms with E-state index in [1.165, 1.54) is 31.5 Å². The summed E-state index contributed by atoms with van der Waals surface area (Å²) in [6.07, 6.45) is 2.54. The van der Waals surface area contributed by atoms with Gasteiger partial charge in [-0.1, -0.05) is 0 Å². The van der Waals surface area contributed by atoms with E-state index in [-0.39, 0.29) is 6.03 Å². The number of urea groups is 1. The molecule has 0 radical (unpaired) electrons. The second-order valence-electron chi connectivity index (χ2n) is 6.24. The maximum atomic E-state index is 12.8. The zero-order chi connectivity index (χ0) is 13.7. The van der Waals surface area contributed by atoms with Crippen LogP contribution in [0.15, 0.2) is 11.4 Å². The SMILES string of the molecule is Cc1ccsc1N1CCN(C2CN3CCC2CC3)C1=O. The summed E-state index contributed by atoms with van der Waals surface area (Å²) in [5.74, 6) is 0.730. The zero-order valence-electron chi connectivity index (χ0n) is 11.9. The van der Waals surface area contributed by atoms with Crippen LogP contribution in [0.1, 0.15) is 18.4 Å². The van der Waals surface area contributed by atoms with Crippen LogP contribution < -0.4 is 4.90 Å². The first-order chi connectivity index (χ1) is 9.74. The fourth-order valence-corrected chi connectivity index (χ4v) is 4.93. The Morgan fingerprint density at radius 2 is 2.00 bits per heavy atom. The molecule has 20 heavy (non-hydrogen) atoms. The Labute approximate surface area is 124 Å². The fraction of sp³-hybridized carbons (Fsp3) is 0.667. The van der Waals surface area contributed by atoms with Crippen molar-refractivity contribution in [2.45, 2.75) is 25.8 Å². The van der Waals surface area contributed by atoms with Crippen LogP contribution in [0, 0.1) is 12.8 Å². The molecule has 2 bridgehead atoms. The van der Waals surface area contributed by atoms with Crippen molar-refractivity contribution < 1.29 is 4.79 Å². The molecular weight excluding hydrogens is 270 g/mol. The fourth-order valence-electron chi connectivity index (χ4n) is 3.98. The minimum atomic E-state index is 0.231. The Morgan fingerprint density at radius 1 is 1.20 bits per heavy atom. The molecule has 1 atom stereocenters. The van der Waals surface area contributed by atoms with Gasteiger partial charge < -0.3 is 9.80 Å². The van der Waals surface area contributed by atoms with Gasteiger partial charge >= 0.3 is 6.03 Å². The summed E-state index contributed by atoms with van der Waals surface area (Å²) in [7, 11) is 0. The zero-order valence-corrected chi connectivity index (χ0v) is 12.7. The normalized spacial score (nSPS) is 33.2. The van der Waals surface area contributed by atoms with Gasteiger partial charge in [0.25, 0.3) is 0 Å². The Bertz CT molecular complexity index is 521. The minimum Gasteiger partial charge on any atom is -0.318 e. The van der Waals surface area contributed by atoms with E-state index in [1.807, 2.05) is 4.90 Å². The Kier molecular flexibility index (Phi) is 3.00. The minimum absolute atomic E-state index is 0.231. The lowest BCUT2D eigenvalue weighted by Crippen LogP contribution is -2.58. The van der Waals surface area contributed by atoms with Gasteiger partial charge in [0, 0.05) is 25.7 Å². The molecule has 1 unspecified atom stereocenters. The van der Waals surface area contributed by atoms with E-state index in [2.05, 4.69) is 28.2 Å². The van der Waals surface area contributed by atoms with Crippen LogP contribution in [0.25, 0.3) is 0 Å². The van der Waals surface area contributed by atoms with Crippen molar-refractivity contribution in [2.75, 3.05) is 37.6 Å². The van der Waals surface area contributed by atoms with Gasteiger partial charge in [-0.15, -0.1) is 11.3 Å². The molecule has 1 aromatic heterocycles. The van der Waals surface area contributed by atoms with E-state index in [4.69, 9.17) is 0 Å². The Hall–Kier alpha value is -1.07. The number of thiophene rings is 1. The number of hydrogen-bond donors (Lipinski definition) is 0. The highest BCUT2D eigenvalue weighted by Crippen LogP contribution is 2.35. The molecule has 5 heteroatoms. The summed E-state index contributed by atoms with van der Waals surface area (Å²) in [5.41, 5.74) is 1.22. The van der Waals surface area contributed by atoms with Crippen LogP contribution in [0.4, 0.5) is 9.80 Å². The monoisotopic (exact) mass is 291 g/mol. The first-order valence-corrected chi connectivity index (χ1v) is 8.46. The van der Waals surface area contributed by atoms with Crippen LogP contribution in [-0.4, -0.2) is 54.6 Å². The molecule has 4 aliphatic heterocycles. The Balaban J connectivity index is 1.54. The first-order valence-electron chi connectivity index (χ1n) is 7.58. The second-order valence-corrected chi connectivity index (χ2v) is 7.14. The van der Waals surface area contributed by atoms with Crippen molar-refractivity contribution in [2.24, 2.45) is 5.92 Å². The predicted molar refractivity (Wildman–Crippen MR) is 81.5 cm³/mol. The molecular formula is C15H21N3OS. The molecule has 0 N–H and O–H groups in total. The summed E-state index contributed by atoms with van der Waals surface area (Å²) in [6.45, 7) is 7.40. The lowest BCUT2D eigenvalue weighted by molar-refractivity contribution is 0.0300. The third-order valence-electron chi connectivity index (χ3n) is 5.14.